The van der Waals surface area contributed by atoms with Crippen molar-refractivity contribution in [3.63, 3.8) is 0 Å². The number of ketones is 4. The van der Waals surface area contributed by atoms with Crippen LogP contribution >= 0.6 is 7.82 Å². The van der Waals surface area contributed by atoms with Crippen LogP contribution in [0.5, 0.6) is 0 Å². The van der Waals surface area contributed by atoms with E-state index in [2.05, 4.69) is 4.52 Å². The van der Waals surface area contributed by atoms with Gasteiger partial charge in [0.2, 0.25) is 5.78 Å². The SMILES string of the molecule is C[C@@H]1CC2C3CCC4=CC(=O)C=C[C@]4(C)C3(F)[C@@H](O)C[C@]2(C)[C@@]1(O)C(=O)COP(=O)([O-])[O-].C[C@@H]1C[C@H]2[C@@H]3CCC4=CC(=O)C=C[C@]4(C)C3(F)[C@@H](O)C[C@]2(C)[C@@]1(O)C(=O)COC(=O)CCc1ccccc1.[Na+].[Na+]. The third-order valence-corrected chi connectivity index (χ3v) is 19.9. The van der Waals surface area contributed by atoms with Crippen molar-refractivity contribution in [3.8, 4) is 0 Å². The summed E-state index contributed by atoms with van der Waals surface area (Å²) in [5.41, 5.74) is -10.5. The molecule has 0 bridgehead atoms. The molecule has 72 heavy (non-hydrogen) atoms. The quantitative estimate of drug-likeness (QED) is 0.123. The number of aliphatic hydroxyl groups is 4. The number of hydrogen-bond donors (Lipinski definition) is 4. The number of aryl methyl sites for hydroxylation is 1. The molecule has 0 spiro atoms. The van der Waals surface area contributed by atoms with Crippen molar-refractivity contribution in [1.82, 2.24) is 0 Å². The Morgan fingerprint density at radius 1 is 0.708 bits per heavy atom. The number of halogens is 2. The fraction of sp³-hybridized carbons (Fsp3) is 0.642. The minimum atomic E-state index is -5.43. The normalized spacial score (nSPS) is 43.2. The summed E-state index contributed by atoms with van der Waals surface area (Å²) in [6.07, 6.45) is 8.38. The van der Waals surface area contributed by atoms with Gasteiger partial charge >= 0.3 is 65.1 Å². The Bertz CT molecular complexity index is 2540. The molecular formula is C53H65F2Na2O14P. The van der Waals surface area contributed by atoms with Crippen molar-refractivity contribution in [2.45, 2.75) is 140 Å². The van der Waals surface area contributed by atoms with E-state index in [1.165, 1.54) is 30.4 Å². The summed E-state index contributed by atoms with van der Waals surface area (Å²) in [6, 6.07) is 9.48. The summed E-state index contributed by atoms with van der Waals surface area (Å²) in [7, 11) is -5.43. The van der Waals surface area contributed by atoms with E-state index in [1.807, 2.05) is 30.3 Å². The fourth-order valence-electron chi connectivity index (χ4n) is 15.7. The Labute approximate surface area is 463 Å². The van der Waals surface area contributed by atoms with Crippen molar-refractivity contribution in [3.05, 3.63) is 83.5 Å². The number of hydrogen-bond acceptors (Lipinski definition) is 14. The standard InChI is InChI=1S/C31H37FO6.C22H30FO8P.2Na/c1-19-15-24-23-11-10-21-16-22(33)13-14-28(21,2)30(23,32)25(34)17-29(24,3)31(19,37)26(35)18-38-27(36)12-9-20-7-5-4-6-8-20;1-12-8-16-15-5-4-13-9-14(24)6-7-19(13,2)21(15,23)17(25)10-20(16,3)22(12,27)18(26)11-31-32(28,29)30;;/h4-8,13-14,16,19,23-25,34,37H,9-12,15,17-18H2,1-3H3;6-7,9,12,15-17,25,27H,4-5,8,10-11H2,1-3H3,(H2,28,29,30);;/q;;2*+1/p-2/t19-,23+,24+,25+,28+,29+,30?,31+;12-,15?,16?,17+,19+,20+,21?,22+;;/m11../s1. The molecule has 4 unspecified atom stereocenters. The van der Waals surface area contributed by atoms with Crippen molar-refractivity contribution < 1.29 is 136 Å². The van der Waals surface area contributed by atoms with E-state index in [0.29, 0.717) is 49.7 Å². The third-order valence-electron chi connectivity index (χ3n) is 19.5. The number of aliphatic hydroxyl groups excluding tert-OH is 2. The summed E-state index contributed by atoms with van der Waals surface area (Å²) in [5.74, 6) is -5.83. The van der Waals surface area contributed by atoms with Gasteiger partial charge in [0.15, 0.2) is 35.3 Å². The van der Waals surface area contributed by atoms with Gasteiger partial charge in [0.05, 0.1) is 20.0 Å². The maximum atomic E-state index is 17.2. The maximum absolute atomic E-state index is 17.2. The summed E-state index contributed by atoms with van der Waals surface area (Å²) in [5, 5.41) is 46.2. The Kier molecular flexibility index (Phi) is 16.9. The Morgan fingerprint density at radius 3 is 1.54 bits per heavy atom. The number of fused-ring (bicyclic) bond motifs is 10. The number of phosphoric ester groups is 1. The number of Topliss-reactive ketones (excluding diaryl/α,β-unsaturated/α-hetero) is 2. The molecule has 16 atom stereocenters. The van der Waals surface area contributed by atoms with Crippen LogP contribution in [0.2, 0.25) is 0 Å². The number of esters is 1. The van der Waals surface area contributed by atoms with E-state index in [9.17, 15) is 58.8 Å². The van der Waals surface area contributed by atoms with E-state index < -0.39 is 125 Å². The number of allylic oxidation sites excluding steroid dienone is 8. The van der Waals surface area contributed by atoms with Gasteiger partial charge in [0, 0.05) is 39.9 Å². The molecule has 0 radical (unpaired) electrons. The summed E-state index contributed by atoms with van der Waals surface area (Å²) in [6.45, 7) is 8.53. The zero-order valence-electron chi connectivity index (χ0n) is 42.5. The van der Waals surface area contributed by atoms with Crippen LogP contribution in [-0.4, -0.2) is 97.5 Å². The van der Waals surface area contributed by atoms with Gasteiger partial charge < -0.3 is 44.0 Å². The first-order chi connectivity index (χ1) is 32.5. The van der Waals surface area contributed by atoms with E-state index in [-0.39, 0.29) is 102 Å². The first-order valence-electron chi connectivity index (χ1n) is 24.5. The second-order valence-electron chi connectivity index (χ2n) is 22.5. The topological polar surface area (TPSA) is 248 Å². The van der Waals surface area contributed by atoms with E-state index in [0.717, 1.165) is 5.56 Å². The Morgan fingerprint density at radius 2 is 1.12 bits per heavy atom. The third kappa shape index (κ3) is 8.87. The molecule has 382 valence electrons. The van der Waals surface area contributed by atoms with E-state index in [1.54, 1.807) is 47.6 Å². The molecule has 1 aromatic carbocycles. The van der Waals surface area contributed by atoms with Crippen LogP contribution in [0, 0.1) is 57.2 Å². The average Bonchev–Trinajstić information content (AvgIpc) is 3.63. The molecule has 9 rings (SSSR count). The molecule has 0 heterocycles. The number of carbonyl (C=O) groups excluding carboxylic acids is 5. The van der Waals surface area contributed by atoms with Crippen LogP contribution in [0.4, 0.5) is 8.78 Å². The smallest absolute Gasteiger partial charge is 0.790 e. The minimum absolute atomic E-state index is 0. The summed E-state index contributed by atoms with van der Waals surface area (Å²) >= 11 is 0. The predicted octanol–water partition coefficient (Wildman–Crippen LogP) is -1.16. The molecule has 19 heteroatoms. The zero-order chi connectivity index (χ0) is 51.4. The number of rotatable bonds is 10. The zero-order valence-corrected chi connectivity index (χ0v) is 47.4. The molecule has 6 fully saturated rings. The Hall–Kier alpha value is -1.86. The number of alkyl halides is 2. The number of phosphoric acid groups is 1. The second-order valence-corrected chi connectivity index (χ2v) is 23.7. The molecule has 1 aromatic rings. The maximum Gasteiger partial charge on any atom is 1.00 e. The molecular weight excluding hydrogens is 976 g/mol. The van der Waals surface area contributed by atoms with E-state index in [4.69, 9.17) is 4.74 Å². The van der Waals surface area contributed by atoms with Crippen LogP contribution in [0.25, 0.3) is 0 Å². The van der Waals surface area contributed by atoms with Gasteiger partial charge in [-0.25, -0.2) is 8.78 Å². The van der Waals surface area contributed by atoms with E-state index >= 15 is 8.78 Å². The molecule has 6 saturated carbocycles. The molecule has 4 N–H and O–H groups in total. The largest absolute Gasteiger partial charge is 1.00 e. The van der Waals surface area contributed by atoms with Crippen LogP contribution < -0.4 is 68.9 Å². The van der Waals surface area contributed by atoms with Crippen LogP contribution in [0.1, 0.15) is 105 Å². The molecule has 0 aromatic heterocycles. The first-order valence-corrected chi connectivity index (χ1v) is 25.9. The molecule has 0 aliphatic heterocycles. The van der Waals surface area contributed by atoms with Crippen molar-refractivity contribution >= 4 is 36.9 Å². The molecule has 8 aliphatic carbocycles. The second kappa shape index (κ2) is 20.5. The number of ether oxygens (including phenoxy) is 1. The van der Waals surface area contributed by atoms with Gasteiger partial charge in [-0.3, -0.25) is 24.0 Å². The van der Waals surface area contributed by atoms with Crippen molar-refractivity contribution in [2.75, 3.05) is 13.2 Å². The summed E-state index contributed by atoms with van der Waals surface area (Å²) < 4.78 is 54.5. The Balaban J connectivity index is 0.000000232. The minimum Gasteiger partial charge on any atom is -0.790 e. The van der Waals surface area contributed by atoms with Crippen LogP contribution in [0.15, 0.2) is 77.9 Å². The van der Waals surface area contributed by atoms with Crippen LogP contribution in [0.3, 0.4) is 0 Å². The molecule has 0 amide bonds. The average molecular weight is 1040 g/mol. The molecule has 0 saturated heterocycles. The van der Waals surface area contributed by atoms with Gasteiger partial charge in [-0.2, -0.15) is 0 Å². The number of carbonyl (C=O) groups is 5. The monoisotopic (exact) mass is 1040 g/mol. The van der Waals surface area contributed by atoms with Crippen molar-refractivity contribution in [2.24, 2.45) is 57.2 Å². The van der Waals surface area contributed by atoms with Gasteiger partial charge in [-0.05, 0) is 125 Å². The summed E-state index contributed by atoms with van der Waals surface area (Å²) in [4.78, 5) is 84.5. The first kappa shape index (κ1) is 59.4. The number of benzene rings is 1. The van der Waals surface area contributed by atoms with Gasteiger partial charge in [-0.1, -0.05) is 81.3 Å². The van der Waals surface area contributed by atoms with Gasteiger partial charge in [-0.15, -0.1) is 0 Å². The fourth-order valence-corrected chi connectivity index (χ4v) is 16.0. The molecule has 14 nitrogen and oxygen atoms in total. The van der Waals surface area contributed by atoms with Gasteiger partial charge in [0.25, 0.3) is 0 Å². The predicted molar refractivity (Wildman–Crippen MR) is 245 cm³/mol. The van der Waals surface area contributed by atoms with Gasteiger partial charge in [0.1, 0.15) is 17.8 Å². The molecule has 8 aliphatic rings. The van der Waals surface area contributed by atoms with Crippen molar-refractivity contribution in [1.29, 1.82) is 0 Å². The van der Waals surface area contributed by atoms with Crippen LogP contribution in [-0.2, 0) is 44.2 Å².